The first-order valence-corrected chi connectivity index (χ1v) is 8.62. The Bertz CT molecular complexity index is 877. The molecule has 1 N–H and O–H groups in total. The minimum atomic E-state index is 0.0891. The third-order valence-corrected chi connectivity index (χ3v) is 5.02. The lowest BCUT2D eigenvalue weighted by Gasteiger charge is -2.12. The summed E-state index contributed by atoms with van der Waals surface area (Å²) in [6.45, 7) is 1.84. The highest BCUT2D eigenvalue weighted by molar-refractivity contribution is 7.10. The third kappa shape index (κ3) is 2.73. The molecule has 5 heteroatoms. The lowest BCUT2D eigenvalue weighted by atomic mass is 10.0. The van der Waals surface area contributed by atoms with E-state index in [9.17, 15) is 4.79 Å². The van der Waals surface area contributed by atoms with Crippen LogP contribution in [0.25, 0.3) is 16.6 Å². The van der Waals surface area contributed by atoms with Crippen LogP contribution in [0.2, 0.25) is 0 Å². The molecule has 0 radical (unpaired) electrons. The molecule has 4 heterocycles. The minimum Gasteiger partial charge on any atom is -0.313 e. The van der Waals surface area contributed by atoms with Crippen LogP contribution in [-0.4, -0.2) is 28.5 Å². The number of nitrogens with one attached hydrogen (secondary N) is 1. The van der Waals surface area contributed by atoms with E-state index in [1.807, 2.05) is 35.8 Å². The molecule has 4 rings (SSSR count). The maximum Gasteiger partial charge on any atom is 0.236 e. The molecule has 0 aromatic carbocycles. The van der Waals surface area contributed by atoms with Crippen molar-refractivity contribution in [2.75, 3.05) is 13.1 Å². The van der Waals surface area contributed by atoms with E-state index in [-0.39, 0.29) is 5.91 Å². The number of hydrogen-bond acceptors (Lipinski definition) is 4. The summed E-state index contributed by atoms with van der Waals surface area (Å²) in [4.78, 5) is 18.3. The van der Waals surface area contributed by atoms with Crippen LogP contribution in [0.1, 0.15) is 21.7 Å². The topological polar surface area (TPSA) is 46.9 Å². The van der Waals surface area contributed by atoms with Gasteiger partial charge < -0.3 is 5.32 Å². The highest BCUT2D eigenvalue weighted by Gasteiger charge is 2.18. The zero-order valence-electron chi connectivity index (χ0n) is 12.7. The molecule has 116 valence electrons. The Morgan fingerprint density at radius 1 is 1.35 bits per heavy atom. The average Bonchev–Trinajstić information content (AvgIpc) is 3.23. The molecule has 4 nitrogen and oxygen atoms in total. The van der Waals surface area contributed by atoms with Crippen LogP contribution in [0.4, 0.5) is 0 Å². The fourth-order valence-electron chi connectivity index (χ4n) is 3.01. The minimum absolute atomic E-state index is 0.0891. The summed E-state index contributed by atoms with van der Waals surface area (Å²) in [5, 5.41) is 5.33. The average molecular weight is 323 g/mol. The highest BCUT2D eigenvalue weighted by Crippen LogP contribution is 2.28. The fourth-order valence-corrected chi connectivity index (χ4v) is 3.71. The maximum absolute atomic E-state index is 12.7. The molecule has 1 aliphatic rings. The summed E-state index contributed by atoms with van der Waals surface area (Å²) in [5.41, 5.74) is 4.17. The standard InChI is InChI=1S/C18H17N3OS/c22-17(11-14-3-2-10-23-14)21-12-15(13-5-8-19-9-6-13)18-16(21)4-1-7-20-18/h1-5,7,10,12,19H,6,8-9,11H2. The molecular formula is C18H17N3OS. The van der Waals surface area contributed by atoms with Gasteiger partial charge >= 0.3 is 0 Å². The normalized spacial score (nSPS) is 14.9. The summed E-state index contributed by atoms with van der Waals surface area (Å²) in [7, 11) is 0. The third-order valence-electron chi connectivity index (χ3n) is 4.14. The van der Waals surface area contributed by atoms with Gasteiger partial charge in [0.25, 0.3) is 0 Å². The molecule has 0 saturated heterocycles. The number of aromatic nitrogens is 2. The second kappa shape index (κ2) is 6.10. The van der Waals surface area contributed by atoms with Gasteiger partial charge in [0.1, 0.15) is 0 Å². The molecule has 0 fully saturated rings. The second-order valence-corrected chi connectivity index (χ2v) is 6.65. The van der Waals surface area contributed by atoms with Crippen molar-refractivity contribution >= 4 is 33.9 Å². The number of carbonyl (C=O) groups excluding carboxylic acids is 1. The Hall–Kier alpha value is -2.24. The summed E-state index contributed by atoms with van der Waals surface area (Å²) in [5.74, 6) is 0.0891. The van der Waals surface area contributed by atoms with Crippen molar-refractivity contribution in [1.82, 2.24) is 14.9 Å². The monoisotopic (exact) mass is 323 g/mol. The largest absolute Gasteiger partial charge is 0.313 e. The van der Waals surface area contributed by atoms with Crippen molar-refractivity contribution < 1.29 is 4.79 Å². The fraction of sp³-hybridized carbons (Fsp3) is 0.222. The predicted octanol–water partition coefficient (Wildman–Crippen LogP) is 3.36. The van der Waals surface area contributed by atoms with E-state index in [1.165, 1.54) is 5.57 Å². The van der Waals surface area contributed by atoms with Gasteiger partial charge in [0.05, 0.1) is 17.5 Å². The van der Waals surface area contributed by atoms with E-state index in [0.717, 1.165) is 41.0 Å². The number of fused-ring (bicyclic) bond motifs is 1. The van der Waals surface area contributed by atoms with Crippen LogP contribution in [0.15, 0.2) is 48.1 Å². The van der Waals surface area contributed by atoms with Crippen molar-refractivity contribution in [1.29, 1.82) is 0 Å². The molecule has 23 heavy (non-hydrogen) atoms. The molecule has 0 bridgehead atoms. The van der Waals surface area contributed by atoms with Crippen molar-refractivity contribution in [2.24, 2.45) is 0 Å². The zero-order chi connectivity index (χ0) is 15.6. The van der Waals surface area contributed by atoms with E-state index in [2.05, 4.69) is 16.4 Å². The van der Waals surface area contributed by atoms with E-state index < -0.39 is 0 Å². The number of pyridine rings is 1. The lowest BCUT2D eigenvalue weighted by Crippen LogP contribution is -2.20. The van der Waals surface area contributed by atoms with Crippen LogP contribution in [0, 0.1) is 0 Å². The van der Waals surface area contributed by atoms with Crippen molar-refractivity contribution in [3.8, 4) is 0 Å². The lowest BCUT2D eigenvalue weighted by molar-refractivity contribution is 0.0920. The first kappa shape index (κ1) is 14.4. The van der Waals surface area contributed by atoms with Gasteiger partial charge in [-0.3, -0.25) is 14.3 Å². The molecule has 0 unspecified atom stereocenters. The maximum atomic E-state index is 12.7. The van der Waals surface area contributed by atoms with Gasteiger partial charge in [0, 0.05) is 29.4 Å². The van der Waals surface area contributed by atoms with Gasteiger partial charge in [-0.25, -0.2) is 0 Å². The van der Waals surface area contributed by atoms with Gasteiger partial charge in [-0.2, -0.15) is 0 Å². The van der Waals surface area contributed by atoms with Gasteiger partial charge in [-0.15, -0.1) is 11.3 Å². The van der Waals surface area contributed by atoms with Crippen molar-refractivity contribution in [3.63, 3.8) is 0 Å². The molecule has 3 aromatic rings. The molecule has 0 aliphatic carbocycles. The molecule has 1 aliphatic heterocycles. The van der Waals surface area contributed by atoms with E-state index in [4.69, 9.17) is 0 Å². The molecular weight excluding hydrogens is 306 g/mol. The SMILES string of the molecule is O=C(Cc1cccs1)n1cc(C2=CCNCC2)c2ncccc21. The molecule has 0 amide bonds. The predicted molar refractivity (Wildman–Crippen MR) is 93.8 cm³/mol. The Kier molecular flexibility index (Phi) is 3.81. The second-order valence-electron chi connectivity index (χ2n) is 5.62. The summed E-state index contributed by atoms with van der Waals surface area (Å²) < 4.78 is 1.76. The van der Waals surface area contributed by atoms with Crippen molar-refractivity contribution in [3.05, 3.63) is 58.6 Å². The smallest absolute Gasteiger partial charge is 0.236 e. The Labute approximate surface area is 138 Å². The number of rotatable bonds is 3. The van der Waals surface area contributed by atoms with E-state index in [0.29, 0.717) is 6.42 Å². The summed E-state index contributed by atoms with van der Waals surface area (Å²) in [6, 6.07) is 7.84. The van der Waals surface area contributed by atoms with Crippen LogP contribution in [0.5, 0.6) is 0 Å². The van der Waals surface area contributed by atoms with Crippen molar-refractivity contribution in [2.45, 2.75) is 12.8 Å². The zero-order valence-corrected chi connectivity index (χ0v) is 13.5. The molecule has 0 saturated carbocycles. The summed E-state index contributed by atoms with van der Waals surface area (Å²) in [6.07, 6.45) is 7.35. The van der Waals surface area contributed by atoms with Crippen LogP contribution in [-0.2, 0) is 6.42 Å². The van der Waals surface area contributed by atoms with Gasteiger partial charge in [0.15, 0.2) is 0 Å². The molecule has 0 atom stereocenters. The van der Waals surface area contributed by atoms with Crippen LogP contribution >= 0.6 is 11.3 Å². The summed E-state index contributed by atoms with van der Waals surface area (Å²) >= 11 is 1.62. The van der Waals surface area contributed by atoms with Gasteiger partial charge in [-0.05, 0) is 42.1 Å². The number of thiophene rings is 1. The molecule has 3 aromatic heterocycles. The van der Waals surface area contributed by atoms with Crippen LogP contribution < -0.4 is 5.32 Å². The number of carbonyl (C=O) groups is 1. The Morgan fingerprint density at radius 2 is 2.30 bits per heavy atom. The van der Waals surface area contributed by atoms with Gasteiger partial charge in [-0.1, -0.05) is 12.1 Å². The van der Waals surface area contributed by atoms with E-state index >= 15 is 0 Å². The highest BCUT2D eigenvalue weighted by atomic mass is 32.1. The first-order valence-electron chi connectivity index (χ1n) is 7.75. The van der Waals surface area contributed by atoms with E-state index in [1.54, 1.807) is 22.1 Å². The Morgan fingerprint density at radius 3 is 3.09 bits per heavy atom. The Balaban J connectivity index is 1.78. The van der Waals surface area contributed by atoms with Crippen LogP contribution in [0.3, 0.4) is 0 Å². The van der Waals surface area contributed by atoms with Gasteiger partial charge in [0.2, 0.25) is 5.91 Å². The first-order chi connectivity index (χ1) is 11.3. The number of nitrogens with zero attached hydrogens (tertiary/aromatic N) is 2. The quantitative estimate of drug-likeness (QED) is 0.804. The molecule has 0 spiro atoms. The number of hydrogen-bond donors (Lipinski definition) is 1.